The van der Waals surface area contributed by atoms with Gasteiger partial charge in [0.1, 0.15) is 5.82 Å². The fraction of sp³-hybridized carbons (Fsp3) is 0.556. The Morgan fingerprint density at radius 3 is 3.00 bits per heavy atom. The van der Waals surface area contributed by atoms with Crippen LogP contribution in [-0.4, -0.2) is 15.5 Å². The van der Waals surface area contributed by atoms with Crippen molar-refractivity contribution in [3.05, 3.63) is 18.2 Å². The Bertz CT molecular complexity index is 308. The van der Waals surface area contributed by atoms with Crippen LogP contribution >= 0.6 is 0 Å². The summed E-state index contributed by atoms with van der Waals surface area (Å²) in [5, 5.41) is 0. The van der Waals surface area contributed by atoms with Gasteiger partial charge in [0.25, 0.3) is 0 Å². The average molecular weight is 196 g/mol. The predicted octanol–water partition coefficient (Wildman–Crippen LogP) is 0.523. The van der Waals surface area contributed by atoms with Gasteiger partial charge in [-0.05, 0) is 20.3 Å². The van der Waals surface area contributed by atoms with E-state index in [1.807, 2.05) is 17.7 Å². The maximum Gasteiger partial charge on any atom is 0.233 e. The van der Waals surface area contributed by atoms with Crippen molar-refractivity contribution < 1.29 is 4.79 Å². The first-order valence-corrected chi connectivity index (χ1v) is 4.64. The molecule has 1 aromatic heterocycles. The molecule has 78 valence electrons. The predicted molar refractivity (Wildman–Crippen MR) is 53.2 cm³/mol. The Morgan fingerprint density at radius 1 is 1.79 bits per heavy atom. The van der Waals surface area contributed by atoms with Crippen LogP contribution in [0.15, 0.2) is 12.4 Å². The molecule has 1 rings (SSSR count). The maximum absolute atomic E-state index is 10.9. The Hall–Kier alpha value is -1.36. The van der Waals surface area contributed by atoms with Gasteiger partial charge in [0.05, 0.1) is 0 Å². The molecule has 1 atom stereocenters. The van der Waals surface area contributed by atoms with Gasteiger partial charge in [0, 0.05) is 24.9 Å². The van der Waals surface area contributed by atoms with E-state index in [1.165, 1.54) is 0 Å². The molecule has 1 amide bonds. The van der Waals surface area contributed by atoms with E-state index in [2.05, 4.69) is 17.3 Å². The molecule has 1 unspecified atom stereocenters. The molecule has 0 aliphatic carbocycles. The van der Waals surface area contributed by atoms with Crippen molar-refractivity contribution in [2.75, 3.05) is 0 Å². The molecular weight excluding hydrogens is 180 g/mol. The molecule has 1 aromatic rings. The van der Waals surface area contributed by atoms with Gasteiger partial charge >= 0.3 is 0 Å². The first-order chi connectivity index (χ1) is 6.65. The largest absolute Gasteiger partial charge is 0.332 e. The summed E-state index contributed by atoms with van der Waals surface area (Å²) >= 11 is 0. The number of amides is 1. The molecule has 0 fully saturated rings. The molecule has 0 radical (unpaired) electrons. The molecule has 0 spiro atoms. The summed E-state index contributed by atoms with van der Waals surface area (Å²) in [6.07, 6.45) is 4.88. The molecule has 0 aromatic carbocycles. The number of imidazole rings is 1. The van der Waals surface area contributed by atoms with Gasteiger partial charge in [-0.1, -0.05) is 0 Å². The van der Waals surface area contributed by atoms with Crippen LogP contribution in [0.2, 0.25) is 0 Å². The van der Waals surface area contributed by atoms with E-state index in [9.17, 15) is 4.79 Å². The standard InChI is InChI=1S/C9H16N4O/c1-7(3-4-9(14)12-10)13-6-5-11-8(13)2/h5-7H,3-4,10H2,1-2H3,(H,12,14). The van der Waals surface area contributed by atoms with Crippen molar-refractivity contribution >= 4 is 5.91 Å². The third kappa shape index (κ3) is 2.56. The summed E-state index contributed by atoms with van der Waals surface area (Å²) in [4.78, 5) is 15.0. The Kier molecular flexibility index (Phi) is 3.64. The minimum atomic E-state index is -0.130. The van der Waals surface area contributed by atoms with E-state index in [0.29, 0.717) is 6.42 Å². The Balaban J connectivity index is 2.47. The Morgan fingerprint density at radius 2 is 2.50 bits per heavy atom. The number of hydrogen-bond acceptors (Lipinski definition) is 3. The summed E-state index contributed by atoms with van der Waals surface area (Å²) in [7, 11) is 0. The lowest BCUT2D eigenvalue weighted by Crippen LogP contribution is -2.30. The van der Waals surface area contributed by atoms with E-state index in [1.54, 1.807) is 6.20 Å². The van der Waals surface area contributed by atoms with Crippen molar-refractivity contribution in [2.24, 2.45) is 5.84 Å². The number of aryl methyl sites for hydroxylation is 1. The van der Waals surface area contributed by atoms with Crippen LogP contribution in [0.1, 0.15) is 31.6 Å². The summed E-state index contributed by atoms with van der Waals surface area (Å²) in [6.45, 7) is 4.00. The number of aromatic nitrogens is 2. The van der Waals surface area contributed by atoms with E-state index < -0.39 is 0 Å². The van der Waals surface area contributed by atoms with Crippen molar-refractivity contribution in [3.8, 4) is 0 Å². The third-order valence-electron chi connectivity index (χ3n) is 2.29. The lowest BCUT2D eigenvalue weighted by molar-refractivity contribution is -0.121. The lowest BCUT2D eigenvalue weighted by Gasteiger charge is -2.14. The van der Waals surface area contributed by atoms with Crippen LogP contribution in [-0.2, 0) is 4.79 Å². The van der Waals surface area contributed by atoms with Gasteiger partial charge in [-0.25, -0.2) is 10.8 Å². The number of carbonyl (C=O) groups excluding carboxylic acids is 1. The molecule has 0 saturated heterocycles. The molecule has 5 nitrogen and oxygen atoms in total. The zero-order chi connectivity index (χ0) is 10.6. The average Bonchev–Trinajstić information content (AvgIpc) is 2.60. The molecule has 5 heteroatoms. The van der Waals surface area contributed by atoms with Gasteiger partial charge in [-0.3, -0.25) is 10.2 Å². The first kappa shape index (κ1) is 10.7. The fourth-order valence-corrected chi connectivity index (χ4v) is 1.40. The number of nitrogens with zero attached hydrogens (tertiary/aromatic N) is 2. The van der Waals surface area contributed by atoms with Crippen LogP contribution in [0.25, 0.3) is 0 Å². The highest BCUT2D eigenvalue weighted by molar-refractivity contribution is 5.75. The molecule has 0 saturated carbocycles. The third-order valence-corrected chi connectivity index (χ3v) is 2.29. The number of rotatable bonds is 4. The number of nitrogens with two attached hydrogens (primary N) is 1. The van der Waals surface area contributed by atoms with Crippen LogP contribution < -0.4 is 11.3 Å². The number of nitrogens with one attached hydrogen (secondary N) is 1. The second-order valence-corrected chi connectivity index (χ2v) is 3.34. The quantitative estimate of drug-likeness (QED) is 0.419. The zero-order valence-electron chi connectivity index (χ0n) is 8.53. The van der Waals surface area contributed by atoms with Crippen molar-refractivity contribution in [3.63, 3.8) is 0 Å². The van der Waals surface area contributed by atoms with Crippen molar-refractivity contribution in [2.45, 2.75) is 32.7 Å². The molecule has 0 aliphatic heterocycles. The second-order valence-electron chi connectivity index (χ2n) is 3.34. The normalized spacial score (nSPS) is 12.5. The molecule has 1 heterocycles. The van der Waals surface area contributed by atoms with Gasteiger partial charge in [0.2, 0.25) is 5.91 Å². The molecule has 14 heavy (non-hydrogen) atoms. The summed E-state index contributed by atoms with van der Waals surface area (Å²) in [5.74, 6) is 5.82. The van der Waals surface area contributed by atoms with Crippen LogP contribution in [0, 0.1) is 6.92 Å². The van der Waals surface area contributed by atoms with E-state index >= 15 is 0 Å². The Labute approximate surface area is 83.3 Å². The lowest BCUT2D eigenvalue weighted by atomic mass is 10.2. The number of hydrogen-bond donors (Lipinski definition) is 2. The number of carbonyl (C=O) groups is 1. The summed E-state index contributed by atoms with van der Waals surface area (Å²) in [5.41, 5.74) is 2.12. The SMILES string of the molecule is Cc1nccn1C(C)CCC(=O)NN. The van der Waals surface area contributed by atoms with E-state index in [4.69, 9.17) is 5.84 Å². The summed E-state index contributed by atoms with van der Waals surface area (Å²) in [6, 6.07) is 0.273. The first-order valence-electron chi connectivity index (χ1n) is 4.64. The van der Waals surface area contributed by atoms with E-state index in [-0.39, 0.29) is 11.9 Å². The van der Waals surface area contributed by atoms with Crippen LogP contribution in [0.5, 0.6) is 0 Å². The van der Waals surface area contributed by atoms with Crippen molar-refractivity contribution in [1.82, 2.24) is 15.0 Å². The minimum absolute atomic E-state index is 0.130. The van der Waals surface area contributed by atoms with E-state index in [0.717, 1.165) is 12.2 Å². The van der Waals surface area contributed by atoms with Gasteiger partial charge < -0.3 is 4.57 Å². The molecule has 3 N–H and O–H groups in total. The highest BCUT2D eigenvalue weighted by Crippen LogP contribution is 2.14. The molecule has 0 bridgehead atoms. The van der Waals surface area contributed by atoms with Crippen LogP contribution in [0.3, 0.4) is 0 Å². The highest BCUT2D eigenvalue weighted by atomic mass is 16.2. The van der Waals surface area contributed by atoms with Gasteiger partial charge in [-0.2, -0.15) is 0 Å². The van der Waals surface area contributed by atoms with Crippen LogP contribution in [0.4, 0.5) is 0 Å². The van der Waals surface area contributed by atoms with Crippen molar-refractivity contribution in [1.29, 1.82) is 0 Å². The molecular formula is C9H16N4O. The maximum atomic E-state index is 10.9. The second kappa shape index (κ2) is 4.76. The number of hydrazine groups is 1. The zero-order valence-corrected chi connectivity index (χ0v) is 8.53. The topological polar surface area (TPSA) is 72.9 Å². The van der Waals surface area contributed by atoms with Gasteiger partial charge in [-0.15, -0.1) is 0 Å². The summed E-state index contributed by atoms with van der Waals surface area (Å²) < 4.78 is 2.05. The monoisotopic (exact) mass is 196 g/mol. The molecule has 0 aliphatic rings. The highest BCUT2D eigenvalue weighted by Gasteiger charge is 2.08. The smallest absolute Gasteiger partial charge is 0.233 e. The van der Waals surface area contributed by atoms with Gasteiger partial charge in [0.15, 0.2) is 0 Å². The fourth-order valence-electron chi connectivity index (χ4n) is 1.40. The minimum Gasteiger partial charge on any atom is -0.332 e.